The fraction of sp³-hybridized carbons (Fsp3) is 0.757. The van der Waals surface area contributed by atoms with Crippen molar-refractivity contribution >= 4 is 5.97 Å². The zero-order valence-electron chi connectivity index (χ0n) is 26.6. The van der Waals surface area contributed by atoms with E-state index < -0.39 is 17.6 Å². The highest BCUT2D eigenvalue weighted by atomic mass is 16.5. The Morgan fingerprint density at radius 2 is 1.56 bits per heavy atom. The van der Waals surface area contributed by atoms with Crippen molar-refractivity contribution in [1.29, 1.82) is 0 Å². The normalized spacial score (nSPS) is 46.2. The van der Waals surface area contributed by atoms with E-state index in [2.05, 4.69) is 54.5 Å². The summed E-state index contributed by atoms with van der Waals surface area (Å²) in [5.41, 5.74) is 2.09. The number of carbonyl (C=O) groups excluding carboxylic acids is 1. The van der Waals surface area contributed by atoms with Crippen LogP contribution in [0.15, 0.2) is 42.0 Å². The van der Waals surface area contributed by atoms with Gasteiger partial charge in [0.25, 0.3) is 0 Å². The maximum atomic E-state index is 14.2. The predicted octanol–water partition coefficient (Wildman–Crippen LogP) is 7.86. The van der Waals surface area contributed by atoms with Crippen LogP contribution in [0.1, 0.15) is 112 Å². The molecule has 0 amide bonds. The average Bonchev–Trinajstić information content (AvgIpc) is 2.91. The molecule has 0 aliphatic heterocycles. The number of carbonyl (C=O) groups is 1. The second-order valence-electron chi connectivity index (χ2n) is 17.0. The third-order valence-electron chi connectivity index (χ3n) is 14.2. The van der Waals surface area contributed by atoms with Gasteiger partial charge in [0, 0.05) is 0 Å². The lowest BCUT2D eigenvalue weighted by atomic mass is 9.33. The van der Waals surface area contributed by atoms with Crippen molar-refractivity contribution in [2.75, 3.05) is 0 Å². The summed E-state index contributed by atoms with van der Waals surface area (Å²) in [6.45, 7) is 17.0. The molecule has 226 valence electrons. The SMILES string of the molecule is CC1(C)CC[C@]2(C(=O)OCc3ccccc3)CC[C@]3(C)C(=CC[C@@H]4[C@@]5(C)C[C@@H](O)[C@@H](O)C(C)(C)[C@@H]5CC[C@]43C)[C@@H]2C1. The van der Waals surface area contributed by atoms with E-state index in [9.17, 15) is 15.0 Å². The van der Waals surface area contributed by atoms with Gasteiger partial charge in [-0.2, -0.15) is 0 Å². The molecule has 1 aromatic rings. The molecule has 5 aliphatic rings. The molecule has 1 aromatic carbocycles. The molecule has 2 N–H and O–H groups in total. The van der Waals surface area contributed by atoms with Crippen molar-refractivity contribution in [3.8, 4) is 0 Å². The summed E-state index contributed by atoms with van der Waals surface area (Å²) in [6, 6.07) is 10.1. The molecule has 0 unspecified atom stereocenters. The molecule has 6 rings (SSSR count). The van der Waals surface area contributed by atoms with Crippen LogP contribution < -0.4 is 0 Å². The van der Waals surface area contributed by atoms with Gasteiger partial charge in [-0.25, -0.2) is 0 Å². The van der Waals surface area contributed by atoms with Crippen molar-refractivity contribution in [2.45, 2.75) is 125 Å². The number of hydrogen-bond donors (Lipinski definition) is 2. The Morgan fingerprint density at radius 3 is 2.27 bits per heavy atom. The van der Waals surface area contributed by atoms with Crippen LogP contribution in [0.25, 0.3) is 0 Å². The fourth-order valence-corrected chi connectivity index (χ4v) is 11.6. The minimum Gasteiger partial charge on any atom is -0.460 e. The average molecular weight is 563 g/mol. The Labute approximate surface area is 248 Å². The molecule has 4 nitrogen and oxygen atoms in total. The van der Waals surface area contributed by atoms with Crippen LogP contribution in [0.2, 0.25) is 0 Å². The van der Waals surface area contributed by atoms with Crippen LogP contribution in [-0.2, 0) is 16.1 Å². The number of esters is 1. The van der Waals surface area contributed by atoms with E-state index in [1.165, 1.54) is 5.57 Å². The standard InChI is InChI=1S/C37H54O4/c1-32(2)17-19-37(31(40)41-23-24-11-9-8-10-12-24)20-18-35(6)25(26(37)21-32)13-14-29-34(5)22-27(38)30(39)33(3,4)28(34)15-16-36(29,35)7/h8-13,26-30,38-39H,14-23H2,1-7H3/t26-,27+,28-,29+,30+,34-,35+,36+,37-/m0/s1. The van der Waals surface area contributed by atoms with E-state index in [4.69, 9.17) is 4.74 Å². The van der Waals surface area contributed by atoms with Crippen LogP contribution in [0.4, 0.5) is 0 Å². The molecule has 0 spiro atoms. The summed E-state index contributed by atoms with van der Waals surface area (Å²) in [7, 11) is 0. The summed E-state index contributed by atoms with van der Waals surface area (Å²) in [5.74, 6) is 1.05. The monoisotopic (exact) mass is 562 g/mol. The number of benzene rings is 1. The number of fused-ring (bicyclic) bond motifs is 7. The van der Waals surface area contributed by atoms with Gasteiger partial charge < -0.3 is 14.9 Å². The first-order valence-corrected chi connectivity index (χ1v) is 16.4. The molecule has 4 fully saturated rings. The zero-order valence-corrected chi connectivity index (χ0v) is 26.6. The molecule has 0 bridgehead atoms. The summed E-state index contributed by atoms with van der Waals surface area (Å²) in [5, 5.41) is 22.1. The Balaban J connectivity index is 1.37. The number of ether oxygens (including phenoxy) is 1. The highest BCUT2D eigenvalue weighted by Crippen LogP contribution is 2.75. The van der Waals surface area contributed by atoms with Crippen LogP contribution in [-0.4, -0.2) is 28.4 Å². The first-order valence-electron chi connectivity index (χ1n) is 16.4. The highest BCUT2D eigenvalue weighted by Gasteiger charge is 2.70. The smallest absolute Gasteiger partial charge is 0.313 e. The van der Waals surface area contributed by atoms with Crippen molar-refractivity contribution in [3.05, 3.63) is 47.5 Å². The summed E-state index contributed by atoms with van der Waals surface area (Å²) in [6.07, 6.45) is 10.0. The van der Waals surface area contributed by atoms with Gasteiger partial charge in [-0.3, -0.25) is 4.79 Å². The predicted molar refractivity (Wildman–Crippen MR) is 163 cm³/mol. The number of rotatable bonds is 3. The maximum absolute atomic E-state index is 14.2. The number of allylic oxidation sites excluding steroid dienone is 2. The Morgan fingerprint density at radius 1 is 0.878 bits per heavy atom. The molecule has 41 heavy (non-hydrogen) atoms. The number of aliphatic hydroxyl groups excluding tert-OH is 2. The molecule has 5 aliphatic carbocycles. The molecule has 0 radical (unpaired) electrons. The van der Waals surface area contributed by atoms with Gasteiger partial charge in [-0.05, 0) is 108 Å². The largest absolute Gasteiger partial charge is 0.460 e. The molecular formula is C37H54O4. The van der Waals surface area contributed by atoms with Crippen LogP contribution in [0.3, 0.4) is 0 Å². The second-order valence-corrected chi connectivity index (χ2v) is 17.0. The molecule has 0 saturated heterocycles. The van der Waals surface area contributed by atoms with Gasteiger partial charge in [-0.15, -0.1) is 0 Å². The van der Waals surface area contributed by atoms with E-state index in [-0.39, 0.29) is 39.0 Å². The van der Waals surface area contributed by atoms with Crippen LogP contribution in [0, 0.1) is 50.2 Å². The lowest BCUT2D eigenvalue weighted by Gasteiger charge is -2.71. The Kier molecular flexibility index (Phi) is 6.76. The maximum Gasteiger partial charge on any atom is 0.313 e. The van der Waals surface area contributed by atoms with Crippen molar-refractivity contribution in [2.24, 2.45) is 50.2 Å². The minimum absolute atomic E-state index is 0.0103. The third kappa shape index (κ3) is 4.09. The van der Waals surface area contributed by atoms with Gasteiger partial charge in [-0.1, -0.05) is 90.4 Å². The van der Waals surface area contributed by atoms with Crippen molar-refractivity contribution < 1.29 is 19.7 Å². The molecule has 0 heterocycles. The molecule has 4 saturated carbocycles. The lowest BCUT2D eigenvalue weighted by Crippen LogP contribution is -2.67. The summed E-state index contributed by atoms with van der Waals surface area (Å²) < 4.78 is 6.15. The summed E-state index contributed by atoms with van der Waals surface area (Å²) >= 11 is 0. The van der Waals surface area contributed by atoms with E-state index >= 15 is 0 Å². The van der Waals surface area contributed by atoms with E-state index in [1.807, 2.05) is 30.3 Å². The lowest BCUT2D eigenvalue weighted by molar-refractivity contribution is -0.232. The second kappa shape index (κ2) is 9.42. The van der Waals surface area contributed by atoms with Crippen molar-refractivity contribution in [3.63, 3.8) is 0 Å². The molecular weight excluding hydrogens is 508 g/mol. The Hall–Kier alpha value is -1.65. The number of aliphatic hydroxyl groups is 2. The minimum atomic E-state index is -0.677. The molecule has 9 atom stereocenters. The Bertz CT molecular complexity index is 1220. The first-order chi connectivity index (χ1) is 19.1. The first kappa shape index (κ1) is 29.4. The van der Waals surface area contributed by atoms with Gasteiger partial charge in [0.1, 0.15) is 6.61 Å². The topological polar surface area (TPSA) is 66.8 Å². The van der Waals surface area contributed by atoms with E-state index in [0.29, 0.717) is 24.9 Å². The molecule has 0 aromatic heterocycles. The van der Waals surface area contributed by atoms with Crippen molar-refractivity contribution in [1.82, 2.24) is 0 Å². The quantitative estimate of drug-likeness (QED) is 0.291. The fourth-order valence-electron chi connectivity index (χ4n) is 11.6. The van der Waals surface area contributed by atoms with Gasteiger partial charge >= 0.3 is 5.97 Å². The van der Waals surface area contributed by atoms with Gasteiger partial charge in [0.2, 0.25) is 0 Å². The summed E-state index contributed by atoms with van der Waals surface area (Å²) in [4.78, 5) is 14.2. The van der Waals surface area contributed by atoms with Crippen LogP contribution >= 0.6 is 0 Å². The van der Waals surface area contributed by atoms with E-state index in [0.717, 1.165) is 56.9 Å². The zero-order chi connectivity index (χ0) is 29.6. The van der Waals surface area contributed by atoms with Crippen LogP contribution in [0.5, 0.6) is 0 Å². The van der Waals surface area contributed by atoms with Gasteiger partial charge in [0.15, 0.2) is 0 Å². The van der Waals surface area contributed by atoms with E-state index in [1.54, 1.807) is 0 Å². The highest BCUT2D eigenvalue weighted by molar-refractivity contribution is 5.79. The number of hydrogen-bond acceptors (Lipinski definition) is 4. The molecule has 4 heteroatoms. The van der Waals surface area contributed by atoms with Gasteiger partial charge in [0.05, 0.1) is 17.6 Å². The third-order valence-corrected chi connectivity index (χ3v) is 14.2.